The Kier molecular flexibility index (Phi) is 5.60. The van der Waals surface area contributed by atoms with E-state index in [9.17, 15) is 0 Å². The standard InChI is InChI=1S/C16H23ClN6/c1-16(2,12-7-5-6-8-13(12)17)10-20-15(18-3)19-9-14-21-11-22-23(14)4/h5-8,11H,9-10H2,1-4H3,(H2,18,19,20). The van der Waals surface area contributed by atoms with E-state index in [0.717, 1.165) is 16.4 Å². The molecule has 0 saturated heterocycles. The van der Waals surface area contributed by atoms with Gasteiger partial charge in [-0.15, -0.1) is 0 Å². The quantitative estimate of drug-likeness (QED) is 0.649. The van der Waals surface area contributed by atoms with Crippen molar-refractivity contribution in [2.24, 2.45) is 12.0 Å². The number of hydrogen-bond donors (Lipinski definition) is 2. The van der Waals surface area contributed by atoms with Gasteiger partial charge in [0.15, 0.2) is 5.96 Å². The predicted octanol–water partition coefficient (Wildman–Crippen LogP) is 2.11. The van der Waals surface area contributed by atoms with Crippen molar-refractivity contribution in [1.82, 2.24) is 25.4 Å². The minimum absolute atomic E-state index is 0.124. The van der Waals surface area contributed by atoms with Crippen molar-refractivity contribution in [1.29, 1.82) is 0 Å². The number of benzene rings is 1. The second kappa shape index (κ2) is 7.46. The Morgan fingerprint density at radius 2 is 2.04 bits per heavy atom. The van der Waals surface area contributed by atoms with Crippen LogP contribution in [0.3, 0.4) is 0 Å². The summed E-state index contributed by atoms with van der Waals surface area (Å²) in [5.74, 6) is 1.56. The Labute approximate surface area is 142 Å². The summed E-state index contributed by atoms with van der Waals surface area (Å²) in [6.07, 6.45) is 1.54. The minimum atomic E-state index is -0.124. The summed E-state index contributed by atoms with van der Waals surface area (Å²) in [5, 5.41) is 11.4. The summed E-state index contributed by atoms with van der Waals surface area (Å²) in [5.41, 5.74) is 0.985. The van der Waals surface area contributed by atoms with Gasteiger partial charge in [-0.05, 0) is 11.6 Å². The van der Waals surface area contributed by atoms with E-state index in [2.05, 4.69) is 45.6 Å². The second-order valence-electron chi connectivity index (χ2n) is 5.94. The molecule has 0 fully saturated rings. The molecule has 0 aliphatic carbocycles. The van der Waals surface area contributed by atoms with Crippen molar-refractivity contribution in [2.75, 3.05) is 13.6 Å². The van der Waals surface area contributed by atoms with E-state index >= 15 is 0 Å². The van der Waals surface area contributed by atoms with E-state index in [1.165, 1.54) is 6.33 Å². The lowest BCUT2D eigenvalue weighted by Gasteiger charge is -2.27. The number of nitrogens with one attached hydrogen (secondary N) is 2. The Balaban J connectivity index is 1.95. The average Bonchev–Trinajstić information content (AvgIpc) is 2.93. The van der Waals surface area contributed by atoms with Crippen LogP contribution in [0.4, 0.5) is 0 Å². The van der Waals surface area contributed by atoms with Crippen LogP contribution in [0, 0.1) is 0 Å². The second-order valence-corrected chi connectivity index (χ2v) is 6.35. The monoisotopic (exact) mass is 334 g/mol. The zero-order valence-corrected chi connectivity index (χ0v) is 14.7. The lowest BCUT2D eigenvalue weighted by molar-refractivity contribution is 0.508. The fraction of sp³-hybridized carbons (Fsp3) is 0.438. The van der Waals surface area contributed by atoms with Crippen LogP contribution < -0.4 is 10.6 Å². The fourth-order valence-electron chi connectivity index (χ4n) is 2.27. The Morgan fingerprint density at radius 1 is 1.30 bits per heavy atom. The predicted molar refractivity (Wildman–Crippen MR) is 93.7 cm³/mol. The summed E-state index contributed by atoms with van der Waals surface area (Å²) in [4.78, 5) is 8.42. The van der Waals surface area contributed by atoms with Gasteiger partial charge in [0.05, 0.1) is 6.54 Å². The number of aryl methyl sites for hydroxylation is 1. The zero-order chi connectivity index (χ0) is 16.9. The van der Waals surface area contributed by atoms with Gasteiger partial charge in [0.2, 0.25) is 0 Å². The highest BCUT2D eigenvalue weighted by atomic mass is 35.5. The number of aromatic nitrogens is 3. The van der Waals surface area contributed by atoms with Crippen LogP contribution in [-0.4, -0.2) is 34.3 Å². The molecule has 1 aromatic heterocycles. The molecule has 0 radical (unpaired) electrons. The summed E-state index contributed by atoms with van der Waals surface area (Å²) >= 11 is 6.31. The lowest BCUT2D eigenvalue weighted by atomic mass is 9.84. The molecule has 0 atom stereocenters. The normalized spacial score (nSPS) is 12.3. The summed E-state index contributed by atoms with van der Waals surface area (Å²) < 4.78 is 1.73. The first-order chi connectivity index (χ1) is 10.9. The molecule has 0 spiro atoms. The number of guanidine groups is 1. The van der Waals surface area contributed by atoms with Gasteiger partial charge in [-0.3, -0.25) is 9.67 Å². The topological polar surface area (TPSA) is 67.1 Å². The van der Waals surface area contributed by atoms with Gasteiger partial charge < -0.3 is 10.6 Å². The first kappa shape index (κ1) is 17.3. The van der Waals surface area contributed by atoms with Gasteiger partial charge in [0, 0.05) is 31.1 Å². The van der Waals surface area contributed by atoms with Crippen molar-refractivity contribution in [3.63, 3.8) is 0 Å². The average molecular weight is 335 g/mol. The van der Waals surface area contributed by atoms with E-state index in [0.29, 0.717) is 19.0 Å². The van der Waals surface area contributed by atoms with Gasteiger partial charge in [-0.25, -0.2) is 4.98 Å². The highest BCUT2D eigenvalue weighted by Gasteiger charge is 2.23. The number of rotatable bonds is 5. The van der Waals surface area contributed by atoms with Crippen molar-refractivity contribution >= 4 is 17.6 Å². The third kappa shape index (κ3) is 4.45. The molecule has 1 heterocycles. The highest BCUT2D eigenvalue weighted by molar-refractivity contribution is 6.31. The molecule has 0 amide bonds. The molecular formula is C16H23ClN6. The molecule has 0 aliphatic heterocycles. The van der Waals surface area contributed by atoms with Crippen molar-refractivity contribution in [3.05, 3.63) is 47.0 Å². The zero-order valence-electron chi connectivity index (χ0n) is 14.0. The first-order valence-electron chi connectivity index (χ1n) is 7.46. The van der Waals surface area contributed by atoms with Crippen LogP contribution in [-0.2, 0) is 19.0 Å². The van der Waals surface area contributed by atoms with Crippen molar-refractivity contribution < 1.29 is 0 Å². The van der Waals surface area contributed by atoms with Crippen LogP contribution in [0.5, 0.6) is 0 Å². The highest BCUT2D eigenvalue weighted by Crippen LogP contribution is 2.28. The van der Waals surface area contributed by atoms with Gasteiger partial charge in [0.25, 0.3) is 0 Å². The molecule has 0 unspecified atom stereocenters. The molecule has 0 aliphatic rings. The maximum atomic E-state index is 6.31. The summed E-state index contributed by atoms with van der Waals surface area (Å²) in [7, 11) is 3.61. The first-order valence-corrected chi connectivity index (χ1v) is 7.84. The third-order valence-corrected chi connectivity index (χ3v) is 4.07. The van der Waals surface area contributed by atoms with Crippen LogP contribution in [0.2, 0.25) is 5.02 Å². The molecule has 2 rings (SSSR count). The van der Waals surface area contributed by atoms with Gasteiger partial charge >= 0.3 is 0 Å². The molecule has 0 saturated carbocycles. The molecule has 2 aromatic rings. The number of hydrogen-bond acceptors (Lipinski definition) is 3. The van der Waals surface area contributed by atoms with Gasteiger partial charge in [-0.2, -0.15) is 5.10 Å². The Hall–Kier alpha value is -2.08. The van der Waals surface area contributed by atoms with E-state index in [4.69, 9.17) is 11.6 Å². The van der Waals surface area contributed by atoms with Gasteiger partial charge in [0.1, 0.15) is 12.2 Å². The maximum Gasteiger partial charge on any atom is 0.191 e. The van der Waals surface area contributed by atoms with Crippen LogP contribution in [0.15, 0.2) is 35.6 Å². The smallest absolute Gasteiger partial charge is 0.191 e. The summed E-state index contributed by atoms with van der Waals surface area (Å²) in [6.45, 7) is 5.56. The third-order valence-electron chi connectivity index (χ3n) is 3.74. The van der Waals surface area contributed by atoms with E-state index in [-0.39, 0.29) is 5.41 Å². The Bertz CT molecular complexity index is 677. The number of nitrogens with zero attached hydrogens (tertiary/aromatic N) is 4. The molecule has 0 bridgehead atoms. The molecular weight excluding hydrogens is 312 g/mol. The fourth-order valence-corrected chi connectivity index (χ4v) is 2.67. The minimum Gasteiger partial charge on any atom is -0.356 e. The Morgan fingerprint density at radius 3 is 2.65 bits per heavy atom. The maximum absolute atomic E-state index is 6.31. The lowest BCUT2D eigenvalue weighted by Crippen LogP contribution is -2.43. The van der Waals surface area contributed by atoms with Crippen LogP contribution >= 0.6 is 11.6 Å². The molecule has 2 N–H and O–H groups in total. The van der Waals surface area contributed by atoms with Gasteiger partial charge in [-0.1, -0.05) is 43.6 Å². The van der Waals surface area contributed by atoms with Crippen molar-refractivity contribution in [2.45, 2.75) is 25.8 Å². The number of aliphatic imine (C=N–C) groups is 1. The van der Waals surface area contributed by atoms with E-state index < -0.39 is 0 Å². The summed E-state index contributed by atoms with van der Waals surface area (Å²) in [6, 6.07) is 7.92. The molecule has 7 heteroatoms. The van der Waals surface area contributed by atoms with Crippen LogP contribution in [0.1, 0.15) is 25.2 Å². The van der Waals surface area contributed by atoms with Crippen LogP contribution in [0.25, 0.3) is 0 Å². The largest absolute Gasteiger partial charge is 0.356 e. The number of halogens is 1. The molecule has 23 heavy (non-hydrogen) atoms. The molecule has 124 valence electrons. The molecule has 1 aromatic carbocycles. The van der Waals surface area contributed by atoms with E-state index in [1.54, 1.807) is 11.7 Å². The molecule has 6 nitrogen and oxygen atoms in total. The van der Waals surface area contributed by atoms with Crippen molar-refractivity contribution in [3.8, 4) is 0 Å². The SMILES string of the molecule is CN=C(NCc1ncnn1C)NCC(C)(C)c1ccccc1Cl. The van der Waals surface area contributed by atoms with E-state index in [1.807, 2.05) is 25.2 Å².